The molecule has 0 spiro atoms. The summed E-state index contributed by atoms with van der Waals surface area (Å²) in [6.07, 6.45) is 10.9. The summed E-state index contributed by atoms with van der Waals surface area (Å²) in [7, 11) is 0. The Morgan fingerprint density at radius 3 is 2.83 bits per heavy atom. The summed E-state index contributed by atoms with van der Waals surface area (Å²) < 4.78 is 4.48. The molecule has 1 aromatic heterocycles. The molecule has 1 aliphatic rings. The SMILES string of the molecule is C#CCCN1CN(CC=CC)C(=O)N(c2snc(CC)c2C)C1. The highest BCUT2D eigenvalue weighted by molar-refractivity contribution is 7.10. The average Bonchev–Trinajstić information content (AvgIpc) is 2.93. The molecule has 124 valence electrons. The third kappa shape index (κ3) is 3.92. The van der Waals surface area contributed by atoms with Gasteiger partial charge >= 0.3 is 6.03 Å². The minimum Gasteiger partial charge on any atom is -0.308 e. The Morgan fingerprint density at radius 2 is 2.22 bits per heavy atom. The number of amides is 2. The molecule has 0 saturated carbocycles. The molecule has 0 aliphatic carbocycles. The van der Waals surface area contributed by atoms with Gasteiger partial charge in [-0.1, -0.05) is 19.1 Å². The second kappa shape index (κ2) is 8.14. The number of terminal acetylenes is 1. The molecule has 0 N–H and O–H groups in total. The molecular formula is C17H24N4OS. The van der Waals surface area contributed by atoms with Crippen LogP contribution in [-0.2, 0) is 6.42 Å². The fourth-order valence-electron chi connectivity index (χ4n) is 2.60. The van der Waals surface area contributed by atoms with Gasteiger partial charge in [0.1, 0.15) is 5.00 Å². The van der Waals surface area contributed by atoms with E-state index in [-0.39, 0.29) is 6.03 Å². The molecule has 1 saturated heterocycles. The first kappa shape index (κ1) is 17.5. The molecular weight excluding hydrogens is 308 g/mol. The van der Waals surface area contributed by atoms with Crippen LogP contribution in [0.2, 0.25) is 0 Å². The zero-order chi connectivity index (χ0) is 16.8. The van der Waals surface area contributed by atoms with Crippen LogP contribution >= 0.6 is 11.5 Å². The number of anilines is 1. The number of carbonyl (C=O) groups is 1. The Bertz CT molecular complexity index is 617. The van der Waals surface area contributed by atoms with Gasteiger partial charge in [-0.3, -0.25) is 9.80 Å². The summed E-state index contributed by atoms with van der Waals surface area (Å²) in [6, 6.07) is 0.0365. The summed E-state index contributed by atoms with van der Waals surface area (Å²) >= 11 is 1.41. The molecule has 1 aromatic rings. The number of hydrogen-bond donors (Lipinski definition) is 0. The number of aromatic nitrogens is 1. The topological polar surface area (TPSA) is 39.7 Å². The van der Waals surface area contributed by atoms with E-state index in [4.69, 9.17) is 6.42 Å². The van der Waals surface area contributed by atoms with E-state index in [0.29, 0.717) is 26.3 Å². The third-order valence-corrected chi connectivity index (χ3v) is 4.93. The molecule has 2 amide bonds. The summed E-state index contributed by atoms with van der Waals surface area (Å²) in [5.41, 5.74) is 2.18. The van der Waals surface area contributed by atoms with Crippen molar-refractivity contribution in [1.29, 1.82) is 0 Å². The van der Waals surface area contributed by atoms with E-state index in [1.807, 2.05) is 35.8 Å². The van der Waals surface area contributed by atoms with Gasteiger partial charge in [0.25, 0.3) is 0 Å². The molecule has 1 fully saturated rings. The van der Waals surface area contributed by atoms with Crippen LogP contribution in [0.4, 0.5) is 9.80 Å². The van der Waals surface area contributed by atoms with E-state index >= 15 is 0 Å². The number of nitrogens with zero attached hydrogens (tertiary/aromatic N) is 4. The van der Waals surface area contributed by atoms with Crippen LogP contribution in [0.1, 0.15) is 31.5 Å². The van der Waals surface area contributed by atoms with E-state index in [0.717, 1.165) is 29.2 Å². The van der Waals surface area contributed by atoms with Gasteiger partial charge < -0.3 is 4.90 Å². The van der Waals surface area contributed by atoms with E-state index in [1.54, 1.807) is 0 Å². The molecule has 6 heteroatoms. The normalized spacial score (nSPS) is 16.3. The summed E-state index contributed by atoms with van der Waals surface area (Å²) in [4.78, 5) is 18.7. The summed E-state index contributed by atoms with van der Waals surface area (Å²) in [5.74, 6) is 2.68. The van der Waals surface area contributed by atoms with Crippen LogP contribution in [0.3, 0.4) is 0 Å². The lowest BCUT2D eigenvalue weighted by molar-refractivity contribution is 0.124. The molecule has 2 heterocycles. The smallest absolute Gasteiger partial charge is 0.308 e. The highest BCUT2D eigenvalue weighted by atomic mass is 32.1. The predicted octanol–water partition coefficient (Wildman–Crippen LogP) is 3.07. The highest BCUT2D eigenvalue weighted by Crippen LogP contribution is 2.31. The number of carbonyl (C=O) groups excluding carboxylic acids is 1. The molecule has 1 aliphatic heterocycles. The van der Waals surface area contributed by atoms with Crippen molar-refractivity contribution in [2.75, 3.05) is 31.3 Å². The van der Waals surface area contributed by atoms with Crippen LogP contribution in [0.15, 0.2) is 12.2 Å². The van der Waals surface area contributed by atoms with Gasteiger partial charge in [-0.2, -0.15) is 4.37 Å². The Kier molecular flexibility index (Phi) is 6.20. The van der Waals surface area contributed by atoms with Gasteiger partial charge in [0.05, 0.1) is 19.0 Å². The molecule has 0 aromatic carbocycles. The van der Waals surface area contributed by atoms with Gasteiger partial charge in [0, 0.05) is 25.1 Å². The Balaban J connectivity index is 2.25. The quantitative estimate of drug-likeness (QED) is 0.594. The average molecular weight is 332 g/mol. The molecule has 5 nitrogen and oxygen atoms in total. The molecule has 0 radical (unpaired) electrons. The minimum absolute atomic E-state index is 0.0365. The predicted molar refractivity (Wildman–Crippen MR) is 95.5 cm³/mol. The van der Waals surface area contributed by atoms with E-state index in [9.17, 15) is 4.79 Å². The van der Waals surface area contributed by atoms with E-state index < -0.39 is 0 Å². The first-order chi connectivity index (χ1) is 11.1. The third-order valence-electron chi connectivity index (χ3n) is 3.92. The van der Waals surface area contributed by atoms with E-state index in [1.165, 1.54) is 11.5 Å². The lowest BCUT2D eigenvalue weighted by atomic mass is 10.2. The maximum absolute atomic E-state index is 12.8. The lowest BCUT2D eigenvalue weighted by Crippen LogP contribution is -2.58. The van der Waals surface area contributed by atoms with Crippen molar-refractivity contribution in [3.05, 3.63) is 23.4 Å². The van der Waals surface area contributed by atoms with Gasteiger partial charge in [-0.05, 0) is 31.8 Å². The Hall–Kier alpha value is -1.84. The maximum Gasteiger partial charge on any atom is 0.327 e. The number of urea groups is 1. The highest BCUT2D eigenvalue weighted by Gasteiger charge is 2.32. The van der Waals surface area contributed by atoms with Gasteiger partial charge in [-0.25, -0.2) is 4.79 Å². The first-order valence-electron chi connectivity index (χ1n) is 7.90. The second-order valence-corrected chi connectivity index (χ2v) is 6.30. The van der Waals surface area contributed by atoms with Crippen LogP contribution in [0.25, 0.3) is 0 Å². The minimum atomic E-state index is 0.0365. The van der Waals surface area contributed by atoms with Crippen molar-refractivity contribution in [3.8, 4) is 12.3 Å². The van der Waals surface area contributed by atoms with Crippen molar-refractivity contribution in [1.82, 2.24) is 14.2 Å². The summed E-state index contributed by atoms with van der Waals surface area (Å²) in [6.45, 7) is 8.66. The molecule has 0 atom stereocenters. The Morgan fingerprint density at radius 1 is 1.43 bits per heavy atom. The van der Waals surface area contributed by atoms with Crippen molar-refractivity contribution in [2.24, 2.45) is 0 Å². The zero-order valence-electron chi connectivity index (χ0n) is 14.1. The number of rotatable bonds is 6. The molecule has 0 bridgehead atoms. The molecule has 23 heavy (non-hydrogen) atoms. The Labute approximate surface area is 142 Å². The van der Waals surface area contributed by atoms with Crippen molar-refractivity contribution >= 4 is 22.6 Å². The molecule has 2 rings (SSSR count). The van der Waals surface area contributed by atoms with Crippen LogP contribution < -0.4 is 4.90 Å². The van der Waals surface area contributed by atoms with Crippen LogP contribution in [0.5, 0.6) is 0 Å². The second-order valence-electron chi connectivity index (χ2n) is 5.55. The van der Waals surface area contributed by atoms with Crippen LogP contribution in [0, 0.1) is 19.3 Å². The summed E-state index contributed by atoms with van der Waals surface area (Å²) in [5, 5.41) is 0.947. The van der Waals surface area contributed by atoms with Gasteiger partial charge in [-0.15, -0.1) is 12.3 Å². The number of hydrogen-bond acceptors (Lipinski definition) is 4. The number of allylic oxidation sites excluding steroid dienone is 1. The van der Waals surface area contributed by atoms with Crippen molar-refractivity contribution in [3.63, 3.8) is 0 Å². The van der Waals surface area contributed by atoms with Crippen molar-refractivity contribution < 1.29 is 4.79 Å². The zero-order valence-corrected chi connectivity index (χ0v) is 14.9. The monoisotopic (exact) mass is 332 g/mol. The standard InChI is InChI=1S/C17H24N4OS/c1-5-8-10-19-12-20(11-9-6-2)17(22)21(13-19)16-14(4)15(7-3)18-23-16/h1,6,9H,7-8,10-13H2,2-4H3. The maximum atomic E-state index is 12.8. The molecule has 0 unspecified atom stereocenters. The first-order valence-corrected chi connectivity index (χ1v) is 8.68. The van der Waals surface area contributed by atoms with Gasteiger partial charge in [0.2, 0.25) is 0 Å². The number of aryl methyl sites for hydroxylation is 1. The lowest BCUT2D eigenvalue weighted by Gasteiger charge is -2.41. The van der Waals surface area contributed by atoms with Crippen molar-refractivity contribution in [2.45, 2.75) is 33.6 Å². The fourth-order valence-corrected chi connectivity index (χ4v) is 3.55. The van der Waals surface area contributed by atoms with Crippen LogP contribution in [-0.4, -0.2) is 46.6 Å². The fraction of sp³-hybridized carbons (Fsp3) is 0.529. The largest absolute Gasteiger partial charge is 0.327 e. The van der Waals surface area contributed by atoms with Gasteiger partial charge in [0.15, 0.2) is 0 Å². The van der Waals surface area contributed by atoms with E-state index in [2.05, 4.69) is 22.1 Å².